The van der Waals surface area contributed by atoms with Crippen LogP contribution in [0.2, 0.25) is 0 Å². The maximum absolute atomic E-state index is 8.62. The fourth-order valence-corrected chi connectivity index (χ4v) is 9.26. The molecule has 34 heteroatoms. The zero-order valence-electron chi connectivity index (χ0n) is 61.2. The molecule has 0 heterocycles. The van der Waals surface area contributed by atoms with E-state index in [1.54, 1.807) is 0 Å². The molecule has 604 valence electrons. The fraction of sp³-hybridized carbons (Fsp3) is 1.00. The number of aliphatic hydroxyl groups excluding tert-OH is 2. The summed E-state index contributed by atoms with van der Waals surface area (Å²) in [4.78, 5) is 0. The van der Waals surface area contributed by atoms with Crippen molar-refractivity contribution < 1.29 is 148 Å². The molecule has 31 nitrogen and oxygen atoms in total. The Kier molecular flexibility index (Phi) is 105. The molecule has 100 heavy (non-hydrogen) atoms. The van der Waals surface area contributed by atoms with Gasteiger partial charge in [-0.1, -0.05) is 0 Å². The minimum atomic E-state index is 0.0164. The maximum Gasteiger partial charge on any atom is 0.0701 e. The van der Waals surface area contributed by atoms with Crippen molar-refractivity contribution in [3.8, 4) is 0 Å². The molecule has 0 aliphatic carbocycles. The van der Waals surface area contributed by atoms with E-state index in [1.807, 2.05) is 23.5 Å². The van der Waals surface area contributed by atoms with Gasteiger partial charge < -0.3 is 148 Å². The zero-order valence-corrected chi connectivity index (χ0v) is 63.7. The van der Waals surface area contributed by atoms with Crippen molar-refractivity contribution >= 4 is 35.3 Å². The van der Waals surface area contributed by atoms with Crippen molar-refractivity contribution in [3.63, 3.8) is 0 Å². The third-order valence-electron chi connectivity index (χ3n) is 11.8. The Morgan fingerprint density at radius 2 is 0.210 bits per heavy atom. The molecule has 2 N–H and O–H groups in total. The first-order valence-electron chi connectivity index (χ1n) is 35.3. The van der Waals surface area contributed by atoms with Gasteiger partial charge in [-0.25, -0.2) is 0 Å². The van der Waals surface area contributed by atoms with Gasteiger partial charge in [0.2, 0.25) is 0 Å². The maximum atomic E-state index is 8.62. The molecule has 0 atom stereocenters. The monoisotopic (exact) mass is 1520 g/mol. The van der Waals surface area contributed by atoms with Crippen LogP contribution in [0.4, 0.5) is 0 Å². The number of hydrogen-bond acceptors (Lipinski definition) is 34. The molecule has 0 aliphatic rings. The Morgan fingerprint density at radius 1 is 0.130 bits per heavy atom. The standard InChI is InChI=1S/C60H122O31.C6H14S3/c61-1-3-63-5-7-65-9-11-67-13-15-69-17-19-71-21-23-73-25-27-75-29-31-77-33-35-79-37-39-81-41-43-83-45-47-85-49-51-87-53-55-89-57-59-91-60-58-90-56-54-88-52-50-86-48-46-84-44-42-82-40-38-80-36-34-78-32-30-76-28-26-74-24-22-72-20-18-70-16-14-68-12-10-66-8-6-64-4-2-62;1-7-3-5-9-6-4-8-2/h61-62H,1-60H2;3-6H2,1-2H3. The second-order valence-electron chi connectivity index (χ2n) is 19.8. The lowest BCUT2D eigenvalue weighted by atomic mass is 10.6. The summed E-state index contributed by atoms with van der Waals surface area (Å²) >= 11 is 5.92. The van der Waals surface area contributed by atoms with E-state index in [-0.39, 0.29) is 13.2 Å². The van der Waals surface area contributed by atoms with Crippen LogP contribution in [0.1, 0.15) is 0 Å². The Bertz CT molecular complexity index is 1280. The van der Waals surface area contributed by atoms with Crippen LogP contribution in [0.25, 0.3) is 0 Å². The Balaban J connectivity index is 0. The lowest BCUT2D eigenvalue weighted by Gasteiger charge is -2.09. The van der Waals surface area contributed by atoms with Crippen LogP contribution >= 0.6 is 35.3 Å². The summed E-state index contributed by atoms with van der Waals surface area (Å²) in [6.07, 6.45) is 4.32. The van der Waals surface area contributed by atoms with E-state index >= 15 is 0 Å². The van der Waals surface area contributed by atoms with Crippen molar-refractivity contribution in [1.29, 1.82) is 0 Å². The molecule has 0 aliphatic heterocycles. The molecule has 0 spiro atoms. The third-order valence-corrected chi connectivity index (χ3v) is 14.5. The van der Waals surface area contributed by atoms with Gasteiger partial charge in [0.15, 0.2) is 0 Å². The van der Waals surface area contributed by atoms with Crippen molar-refractivity contribution in [2.45, 2.75) is 0 Å². The predicted octanol–water partition coefficient (Wildman–Crippen LogP) is 1.90. The SMILES string of the molecule is CSCCSCCSC.OCCOCCOCCOCCOCCOCCOCCOCCOCCOCCOCCOCCOCCOCCOCCOCCOCCOCCOCCOCCOCCOCCOCCOCCOCCOCCOCCOCCOCCOCCO. The van der Waals surface area contributed by atoms with Crippen LogP contribution in [0.5, 0.6) is 0 Å². The van der Waals surface area contributed by atoms with Crippen LogP contribution in [0.3, 0.4) is 0 Å². The zero-order chi connectivity index (χ0) is 71.9. The molecule has 0 bridgehead atoms. The summed E-state index contributed by atoms with van der Waals surface area (Å²) < 4.78 is 158. The summed E-state index contributed by atoms with van der Waals surface area (Å²) in [6.45, 7) is 27.8. The summed E-state index contributed by atoms with van der Waals surface area (Å²) in [6, 6.07) is 0. The van der Waals surface area contributed by atoms with E-state index in [9.17, 15) is 0 Å². The average Bonchev–Trinajstić information content (AvgIpc) is 3.67. The van der Waals surface area contributed by atoms with Gasteiger partial charge in [0.25, 0.3) is 0 Å². The topological polar surface area (TPSA) is 308 Å². The largest absolute Gasteiger partial charge is 0.394 e. The van der Waals surface area contributed by atoms with Gasteiger partial charge in [-0.05, 0) is 12.5 Å². The first kappa shape index (κ1) is 102. The van der Waals surface area contributed by atoms with Crippen LogP contribution in [0, 0.1) is 0 Å². The Morgan fingerprint density at radius 3 is 0.280 bits per heavy atom. The lowest BCUT2D eigenvalue weighted by molar-refractivity contribution is -0.0324. The Hall–Kier alpha value is -0.190. The van der Waals surface area contributed by atoms with E-state index < -0.39 is 0 Å². The van der Waals surface area contributed by atoms with E-state index in [4.69, 9.17) is 148 Å². The quantitative estimate of drug-likeness (QED) is 0.0822. The number of rotatable bonds is 94. The van der Waals surface area contributed by atoms with E-state index in [0.29, 0.717) is 383 Å². The van der Waals surface area contributed by atoms with Crippen LogP contribution in [-0.4, -0.2) is 442 Å². The molecular weight excluding hydrogens is 1380 g/mol. The second kappa shape index (κ2) is 103. The molecule has 0 amide bonds. The average molecular weight is 1520 g/mol. The van der Waals surface area contributed by atoms with Gasteiger partial charge in [-0.2, -0.15) is 35.3 Å². The number of aliphatic hydroxyl groups is 2. The van der Waals surface area contributed by atoms with E-state index in [0.717, 1.165) is 0 Å². The number of ether oxygens (including phenoxy) is 29. The van der Waals surface area contributed by atoms with Gasteiger partial charge in [0.05, 0.1) is 396 Å². The molecule has 0 aromatic heterocycles. The number of hydrogen-bond donors (Lipinski definition) is 2. The van der Waals surface area contributed by atoms with Gasteiger partial charge in [-0.3, -0.25) is 0 Å². The molecule has 0 radical (unpaired) electrons. The summed E-state index contributed by atoms with van der Waals surface area (Å²) in [7, 11) is 0. The minimum absolute atomic E-state index is 0.0164. The van der Waals surface area contributed by atoms with Gasteiger partial charge >= 0.3 is 0 Å². The molecule has 0 aromatic carbocycles. The highest BCUT2D eigenvalue weighted by molar-refractivity contribution is 8.04. The molecule has 0 unspecified atom stereocenters. The number of thioether (sulfide) groups is 3. The van der Waals surface area contributed by atoms with Gasteiger partial charge in [0.1, 0.15) is 0 Å². The first-order chi connectivity index (χ1) is 49.8. The third kappa shape index (κ3) is 104. The molecule has 0 saturated heterocycles. The van der Waals surface area contributed by atoms with Crippen molar-refractivity contribution in [2.75, 3.05) is 432 Å². The second-order valence-corrected chi connectivity index (χ2v) is 23.0. The fourth-order valence-electron chi connectivity index (χ4n) is 6.78. The predicted molar refractivity (Wildman–Crippen MR) is 382 cm³/mol. The normalized spacial score (nSPS) is 11.6. The van der Waals surface area contributed by atoms with Crippen molar-refractivity contribution in [3.05, 3.63) is 0 Å². The van der Waals surface area contributed by atoms with Crippen LogP contribution < -0.4 is 0 Å². The highest BCUT2D eigenvalue weighted by Gasteiger charge is 2.02. The molecule has 0 aromatic rings. The molecule has 0 saturated carbocycles. The highest BCUT2D eigenvalue weighted by atomic mass is 32.2. The van der Waals surface area contributed by atoms with E-state index in [1.165, 1.54) is 23.0 Å². The summed E-state index contributed by atoms with van der Waals surface area (Å²) in [5.41, 5.74) is 0. The minimum Gasteiger partial charge on any atom is -0.394 e. The first-order valence-corrected chi connectivity index (χ1v) is 39.3. The van der Waals surface area contributed by atoms with Gasteiger partial charge in [-0.15, -0.1) is 0 Å². The van der Waals surface area contributed by atoms with E-state index in [2.05, 4.69) is 24.3 Å². The lowest BCUT2D eigenvalue weighted by Crippen LogP contribution is -2.16. The molecule has 0 rings (SSSR count). The Labute approximate surface area is 612 Å². The molecule has 0 fully saturated rings. The van der Waals surface area contributed by atoms with Crippen LogP contribution in [0.15, 0.2) is 0 Å². The summed E-state index contributed by atoms with van der Waals surface area (Å²) in [5.74, 6) is 5.25. The van der Waals surface area contributed by atoms with Crippen molar-refractivity contribution in [1.82, 2.24) is 0 Å². The summed E-state index contributed by atoms with van der Waals surface area (Å²) in [5, 5.41) is 17.2. The van der Waals surface area contributed by atoms with Gasteiger partial charge in [0, 0.05) is 23.0 Å². The highest BCUT2D eigenvalue weighted by Crippen LogP contribution is 2.06. The molecular formula is C66H136O31S3. The van der Waals surface area contributed by atoms with Crippen LogP contribution in [-0.2, 0) is 137 Å². The van der Waals surface area contributed by atoms with Crippen molar-refractivity contribution in [2.24, 2.45) is 0 Å². The smallest absolute Gasteiger partial charge is 0.0701 e.